The van der Waals surface area contributed by atoms with Crippen molar-refractivity contribution in [2.75, 3.05) is 31.5 Å². The first-order valence-corrected chi connectivity index (χ1v) is 12.4. The van der Waals surface area contributed by atoms with Gasteiger partial charge in [-0.15, -0.1) is 0 Å². The number of nitrogens with zero attached hydrogens (tertiary/aromatic N) is 2. The van der Waals surface area contributed by atoms with Crippen LogP contribution < -0.4 is 5.32 Å². The zero-order chi connectivity index (χ0) is 23.9. The van der Waals surface area contributed by atoms with Crippen LogP contribution in [0.1, 0.15) is 17.3 Å². The molecule has 0 atom stereocenters. The Kier molecular flexibility index (Phi) is 5.59. The summed E-state index contributed by atoms with van der Waals surface area (Å²) in [5.74, 6) is -0.483. The summed E-state index contributed by atoms with van der Waals surface area (Å²) in [7, 11) is -3.78. The Bertz CT molecular complexity index is 1520. The number of furan rings is 1. The highest BCUT2D eigenvalue weighted by atomic mass is 32.2. The second kappa shape index (κ2) is 8.58. The van der Waals surface area contributed by atoms with Crippen LogP contribution in [0.5, 0.6) is 0 Å². The third-order valence-electron chi connectivity index (χ3n) is 6.05. The van der Waals surface area contributed by atoms with Crippen molar-refractivity contribution in [3.05, 3.63) is 72.3 Å². The van der Waals surface area contributed by atoms with Crippen LogP contribution in [0.2, 0.25) is 0 Å². The molecule has 0 saturated carbocycles. The van der Waals surface area contributed by atoms with Crippen LogP contribution in [0.4, 0.5) is 5.69 Å². The quantitative estimate of drug-likeness (QED) is 0.483. The number of sulfonamides is 1. The largest absolute Gasteiger partial charge is 0.456 e. The first-order valence-electron chi connectivity index (χ1n) is 10.9. The Morgan fingerprint density at radius 2 is 1.59 bits per heavy atom. The fraction of sp³-hybridized carbons (Fsp3) is 0.200. The summed E-state index contributed by atoms with van der Waals surface area (Å²) in [6.07, 6.45) is 0. The monoisotopic (exact) mass is 477 g/mol. The molecule has 1 aliphatic rings. The molecule has 1 aliphatic heterocycles. The molecule has 3 aromatic carbocycles. The van der Waals surface area contributed by atoms with Crippen molar-refractivity contribution in [3.63, 3.8) is 0 Å². The van der Waals surface area contributed by atoms with Gasteiger partial charge in [-0.1, -0.05) is 24.3 Å². The number of hydrogen-bond donors (Lipinski definition) is 1. The first kappa shape index (κ1) is 22.1. The zero-order valence-electron chi connectivity index (χ0n) is 18.5. The van der Waals surface area contributed by atoms with Gasteiger partial charge in [-0.25, -0.2) is 8.42 Å². The lowest BCUT2D eigenvalue weighted by Crippen LogP contribution is -2.49. The topological polar surface area (TPSA) is 99.9 Å². The summed E-state index contributed by atoms with van der Waals surface area (Å²) in [4.78, 5) is 26.1. The second-order valence-corrected chi connectivity index (χ2v) is 10.1. The molecule has 5 rings (SSSR count). The van der Waals surface area contributed by atoms with E-state index in [-0.39, 0.29) is 29.5 Å². The fourth-order valence-electron chi connectivity index (χ4n) is 4.20. The number of amides is 2. The molecule has 0 unspecified atom stereocenters. The maximum atomic E-state index is 13.1. The maximum Gasteiger partial charge on any atom is 0.255 e. The van der Waals surface area contributed by atoms with E-state index in [1.165, 1.54) is 23.4 Å². The van der Waals surface area contributed by atoms with E-state index in [4.69, 9.17) is 4.42 Å². The van der Waals surface area contributed by atoms with Gasteiger partial charge in [0.2, 0.25) is 15.9 Å². The van der Waals surface area contributed by atoms with Crippen LogP contribution in [0.3, 0.4) is 0 Å². The number of rotatable bonds is 4. The Labute approximate surface area is 196 Å². The minimum atomic E-state index is -3.78. The number of benzene rings is 3. The molecular weight excluding hydrogens is 454 g/mol. The van der Waals surface area contributed by atoms with Crippen molar-refractivity contribution in [1.29, 1.82) is 0 Å². The smallest absolute Gasteiger partial charge is 0.255 e. The minimum absolute atomic E-state index is 0.0488. The van der Waals surface area contributed by atoms with E-state index in [0.29, 0.717) is 18.8 Å². The zero-order valence-corrected chi connectivity index (χ0v) is 19.3. The summed E-state index contributed by atoms with van der Waals surface area (Å²) in [6.45, 7) is 2.60. The number of para-hydroxylation sites is 1. The predicted octanol–water partition coefficient (Wildman–Crippen LogP) is 3.69. The van der Waals surface area contributed by atoms with Crippen LogP contribution in [0, 0.1) is 0 Å². The highest BCUT2D eigenvalue weighted by Gasteiger charge is 2.29. The van der Waals surface area contributed by atoms with Crippen molar-refractivity contribution in [3.8, 4) is 0 Å². The number of hydrogen-bond acceptors (Lipinski definition) is 5. The summed E-state index contributed by atoms with van der Waals surface area (Å²) in [5.41, 5.74) is 2.30. The van der Waals surface area contributed by atoms with Gasteiger partial charge in [0, 0.05) is 55.1 Å². The number of carbonyl (C=O) groups is 2. The van der Waals surface area contributed by atoms with Gasteiger partial charge in [0.05, 0.1) is 4.90 Å². The molecule has 0 radical (unpaired) electrons. The Morgan fingerprint density at radius 3 is 2.35 bits per heavy atom. The van der Waals surface area contributed by atoms with Crippen molar-refractivity contribution in [1.82, 2.24) is 9.21 Å². The molecule has 1 N–H and O–H groups in total. The lowest BCUT2D eigenvalue weighted by molar-refractivity contribution is -0.129. The van der Waals surface area contributed by atoms with Gasteiger partial charge in [0.25, 0.3) is 5.91 Å². The molecule has 174 valence electrons. The molecule has 9 heteroatoms. The summed E-state index contributed by atoms with van der Waals surface area (Å²) >= 11 is 0. The fourth-order valence-corrected chi connectivity index (χ4v) is 5.67. The van der Waals surface area contributed by atoms with Gasteiger partial charge in [-0.3, -0.25) is 9.59 Å². The Morgan fingerprint density at radius 1 is 0.853 bits per heavy atom. The molecule has 0 spiro atoms. The lowest BCUT2D eigenvalue weighted by atomic mass is 10.1. The van der Waals surface area contributed by atoms with E-state index in [1.54, 1.807) is 29.2 Å². The van der Waals surface area contributed by atoms with Crippen LogP contribution in [-0.2, 0) is 14.8 Å². The Balaban J connectivity index is 1.36. The van der Waals surface area contributed by atoms with Crippen molar-refractivity contribution in [2.45, 2.75) is 11.8 Å². The van der Waals surface area contributed by atoms with Gasteiger partial charge in [-0.05, 0) is 42.5 Å². The normalized spacial score (nSPS) is 15.0. The minimum Gasteiger partial charge on any atom is -0.456 e. The summed E-state index contributed by atoms with van der Waals surface area (Å²) in [5, 5.41) is 4.68. The number of anilines is 1. The highest BCUT2D eigenvalue weighted by molar-refractivity contribution is 7.89. The molecule has 34 heavy (non-hydrogen) atoms. The van der Waals surface area contributed by atoms with Crippen LogP contribution >= 0.6 is 0 Å². The standard InChI is InChI=1S/C25H23N3O5S/c1-17(29)27-11-13-28(14-12-27)34(31,32)20-6-4-5-18(15-20)25(30)26-19-9-10-24-22(16-19)21-7-2-3-8-23(21)33-24/h2-10,15-16H,11-14H2,1H3,(H,26,30). The number of nitrogens with one attached hydrogen (secondary N) is 1. The number of piperazine rings is 1. The van der Waals surface area contributed by atoms with Gasteiger partial charge < -0.3 is 14.6 Å². The molecular formula is C25H23N3O5S. The van der Waals surface area contributed by atoms with Crippen molar-refractivity contribution < 1.29 is 22.4 Å². The van der Waals surface area contributed by atoms with Gasteiger partial charge >= 0.3 is 0 Å². The molecule has 4 aromatic rings. The summed E-state index contributed by atoms with van der Waals surface area (Å²) < 4.78 is 33.4. The maximum absolute atomic E-state index is 13.1. The number of carbonyl (C=O) groups excluding carboxylic acids is 2. The first-order chi connectivity index (χ1) is 16.3. The highest BCUT2D eigenvalue weighted by Crippen LogP contribution is 2.30. The van der Waals surface area contributed by atoms with E-state index in [2.05, 4.69) is 5.32 Å². The molecule has 8 nitrogen and oxygen atoms in total. The summed E-state index contributed by atoms with van der Waals surface area (Å²) in [6, 6.07) is 19.1. The van der Waals surface area contributed by atoms with E-state index in [1.807, 2.05) is 30.3 Å². The third kappa shape index (κ3) is 4.04. The molecule has 0 aliphatic carbocycles. The van der Waals surface area contributed by atoms with Gasteiger partial charge in [0.1, 0.15) is 11.2 Å². The van der Waals surface area contributed by atoms with Crippen LogP contribution in [-0.4, -0.2) is 55.6 Å². The van der Waals surface area contributed by atoms with E-state index < -0.39 is 15.9 Å². The number of fused-ring (bicyclic) bond motifs is 3. The second-order valence-electron chi connectivity index (χ2n) is 8.20. The van der Waals surface area contributed by atoms with Crippen molar-refractivity contribution >= 4 is 49.5 Å². The lowest BCUT2D eigenvalue weighted by Gasteiger charge is -2.33. The Hall–Kier alpha value is -3.69. The predicted molar refractivity (Wildman–Crippen MR) is 129 cm³/mol. The van der Waals surface area contributed by atoms with E-state index >= 15 is 0 Å². The van der Waals surface area contributed by atoms with Crippen LogP contribution in [0.25, 0.3) is 21.9 Å². The third-order valence-corrected chi connectivity index (χ3v) is 7.95. The molecule has 0 bridgehead atoms. The SMILES string of the molecule is CC(=O)N1CCN(S(=O)(=O)c2cccc(C(=O)Nc3ccc4oc5ccccc5c4c3)c2)CC1. The molecule has 2 amide bonds. The van der Waals surface area contributed by atoms with Crippen LogP contribution in [0.15, 0.2) is 76.0 Å². The van der Waals surface area contributed by atoms with E-state index in [9.17, 15) is 18.0 Å². The molecule has 1 aromatic heterocycles. The van der Waals surface area contributed by atoms with E-state index in [0.717, 1.165) is 21.9 Å². The van der Waals surface area contributed by atoms with Gasteiger partial charge in [0.15, 0.2) is 0 Å². The average Bonchev–Trinajstić information content (AvgIpc) is 3.22. The average molecular weight is 478 g/mol. The van der Waals surface area contributed by atoms with Gasteiger partial charge in [-0.2, -0.15) is 4.31 Å². The molecule has 1 saturated heterocycles. The molecule has 1 fully saturated rings. The van der Waals surface area contributed by atoms with Crippen molar-refractivity contribution in [2.24, 2.45) is 0 Å². The molecule has 2 heterocycles.